The van der Waals surface area contributed by atoms with Gasteiger partial charge in [-0.05, 0) is 32.1 Å². The van der Waals surface area contributed by atoms with Gasteiger partial charge in [-0.3, -0.25) is 4.79 Å². The maximum atomic E-state index is 10.6. The first-order valence-electron chi connectivity index (χ1n) is 9.78. The molecule has 3 heteroatoms. The highest BCUT2D eigenvalue weighted by atomic mass is 16.3. The van der Waals surface area contributed by atoms with Crippen molar-refractivity contribution >= 4 is 5.91 Å². The van der Waals surface area contributed by atoms with Crippen molar-refractivity contribution in [3.63, 3.8) is 0 Å². The minimum atomic E-state index is -0.178. The van der Waals surface area contributed by atoms with Gasteiger partial charge in [-0.15, -0.1) is 0 Å². The molecule has 0 saturated heterocycles. The quantitative estimate of drug-likeness (QED) is 0.283. The molecule has 0 rings (SSSR count). The van der Waals surface area contributed by atoms with Crippen LogP contribution in [-0.4, -0.2) is 17.1 Å². The number of aliphatic hydroxyl groups excluding tert-OH is 1. The SMILES string of the molecule is CCCCCCC(O)C/C=C\CCCCCCCCCC(N)=O. The molecule has 0 aromatic rings. The first-order valence-corrected chi connectivity index (χ1v) is 9.78. The van der Waals surface area contributed by atoms with E-state index in [1.54, 1.807) is 0 Å². The third kappa shape index (κ3) is 19.1. The van der Waals surface area contributed by atoms with Gasteiger partial charge >= 0.3 is 0 Å². The molecule has 0 aliphatic rings. The van der Waals surface area contributed by atoms with Crippen LogP contribution in [-0.2, 0) is 4.79 Å². The molecule has 3 N–H and O–H groups in total. The summed E-state index contributed by atoms with van der Waals surface area (Å²) in [5.74, 6) is -0.178. The van der Waals surface area contributed by atoms with Gasteiger partial charge < -0.3 is 10.8 Å². The Hall–Kier alpha value is -0.830. The lowest BCUT2D eigenvalue weighted by atomic mass is 10.1. The summed E-state index contributed by atoms with van der Waals surface area (Å²) in [6.07, 6.45) is 20.9. The Morgan fingerprint density at radius 1 is 0.913 bits per heavy atom. The average molecular weight is 326 g/mol. The lowest BCUT2D eigenvalue weighted by molar-refractivity contribution is -0.118. The van der Waals surface area contributed by atoms with Crippen molar-refractivity contribution in [2.24, 2.45) is 5.73 Å². The largest absolute Gasteiger partial charge is 0.393 e. The molecule has 0 aliphatic carbocycles. The zero-order chi connectivity index (χ0) is 17.2. The number of primary amides is 1. The zero-order valence-electron chi connectivity index (χ0n) is 15.3. The fraction of sp³-hybridized carbons (Fsp3) is 0.850. The van der Waals surface area contributed by atoms with Gasteiger partial charge in [0.2, 0.25) is 5.91 Å². The molecule has 0 saturated carbocycles. The van der Waals surface area contributed by atoms with E-state index in [1.165, 1.54) is 51.4 Å². The summed E-state index contributed by atoms with van der Waals surface area (Å²) in [6.45, 7) is 2.21. The van der Waals surface area contributed by atoms with Crippen molar-refractivity contribution in [1.82, 2.24) is 0 Å². The van der Waals surface area contributed by atoms with Crippen LogP contribution in [0.2, 0.25) is 0 Å². The van der Waals surface area contributed by atoms with Gasteiger partial charge in [0, 0.05) is 6.42 Å². The maximum Gasteiger partial charge on any atom is 0.217 e. The van der Waals surface area contributed by atoms with Crippen LogP contribution in [0.3, 0.4) is 0 Å². The number of nitrogens with two attached hydrogens (primary N) is 1. The van der Waals surface area contributed by atoms with E-state index >= 15 is 0 Å². The summed E-state index contributed by atoms with van der Waals surface area (Å²) < 4.78 is 0. The molecule has 136 valence electrons. The molecule has 0 radical (unpaired) electrons. The molecule has 0 aliphatic heterocycles. The van der Waals surface area contributed by atoms with E-state index in [0.717, 1.165) is 38.5 Å². The first-order chi connectivity index (χ1) is 11.2. The Morgan fingerprint density at radius 2 is 1.52 bits per heavy atom. The van der Waals surface area contributed by atoms with E-state index in [4.69, 9.17) is 5.73 Å². The number of carbonyl (C=O) groups is 1. The highest BCUT2D eigenvalue weighted by Gasteiger charge is 2.00. The third-order valence-electron chi connectivity index (χ3n) is 4.26. The van der Waals surface area contributed by atoms with Crippen LogP contribution >= 0.6 is 0 Å². The monoisotopic (exact) mass is 325 g/mol. The lowest BCUT2D eigenvalue weighted by Gasteiger charge is -2.07. The summed E-state index contributed by atoms with van der Waals surface area (Å²) in [6, 6.07) is 0. The predicted octanol–water partition coefficient (Wildman–Crippen LogP) is 5.26. The van der Waals surface area contributed by atoms with Gasteiger partial charge in [0.1, 0.15) is 0 Å². The molecule has 0 aromatic heterocycles. The average Bonchev–Trinajstić information content (AvgIpc) is 2.52. The van der Waals surface area contributed by atoms with E-state index in [0.29, 0.717) is 6.42 Å². The zero-order valence-corrected chi connectivity index (χ0v) is 15.3. The molecule has 1 atom stereocenters. The third-order valence-corrected chi connectivity index (χ3v) is 4.26. The minimum absolute atomic E-state index is 0.150. The van der Waals surface area contributed by atoms with Crippen LogP contribution in [0.15, 0.2) is 12.2 Å². The molecule has 0 aromatic carbocycles. The highest BCUT2D eigenvalue weighted by molar-refractivity contribution is 5.73. The Morgan fingerprint density at radius 3 is 2.17 bits per heavy atom. The van der Waals surface area contributed by atoms with Crippen molar-refractivity contribution in [3.05, 3.63) is 12.2 Å². The Labute approximate surface area is 143 Å². The fourth-order valence-electron chi connectivity index (χ4n) is 2.74. The van der Waals surface area contributed by atoms with Crippen molar-refractivity contribution in [2.75, 3.05) is 0 Å². The number of carbonyl (C=O) groups excluding carboxylic acids is 1. The molecule has 0 fully saturated rings. The molecule has 0 bridgehead atoms. The second kappa shape index (κ2) is 17.5. The van der Waals surface area contributed by atoms with Crippen molar-refractivity contribution in [2.45, 2.75) is 109 Å². The highest BCUT2D eigenvalue weighted by Crippen LogP contribution is 2.11. The number of hydrogen-bond donors (Lipinski definition) is 2. The van der Waals surface area contributed by atoms with Crippen LogP contribution in [0.4, 0.5) is 0 Å². The van der Waals surface area contributed by atoms with Gasteiger partial charge in [-0.1, -0.05) is 76.9 Å². The lowest BCUT2D eigenvalue weighted by Crippen LogP contribution is -2.09. The van der Waals surface area contributed by atoms with Crippen LogP contribution in [0.25, 0.3) is 0 Å². The van der Waals surface area contributed by atoms with Gasteiger partial charge in [0.05, 0.1) is 6.10 Å². The Balaban J connectivity index is 3.23. The van der Waals surface area contributed by atoms with E-state index in [2.05, 4.69) is 19.1 Å². The molecular weight excluding hydrogens is 286 g/mol. The molecular formula is C20H39NO2. The standard InChI is InChI=1S/C20H39NO2/c1-2-3-4-13-16-19(22)17-14-11-9-7-5-6-8-10-12-15-18-20(21)23/h11,14,19,22H,2-10,12-13,15-18H2,1H3,(H2,21,23)/b14-11-. The van der Waals surface area contributed by atoms with Gasteiger partial charge in [-0.25, -0.2) is 0 Å². The van der Waals surface area contributed by atoms with Crippen LogP contribution < -0.4 is 5.73 Å². The van der Waals surface area contributed by atoms with Crippen LogP contribution in [0, 0.1) is 0 Å². The summed E-state index contributed by atoms with van der Waals surface area (Å²) in [5, 5.41) is 9.85. The van der Waals surface area contributed by atoms with Gasteiger partial charge in [0.15, 0.2) is 0 Å². The van der Waals surface area contributed by atoms with Crippen molar-refractivity contribution < 1.29 is 9.90 Å². The van der Waals surface area contributed by atoms with Crippen LogP contribution in [0.5, 0.6) is 0 Å². The number of unbranched alkanes of at least 4 members (excludes halogenated alkanes) is 10. The summed E-state index contributed by atoms with van der Waals surface area (Å²) in [4.78, 5) is 10.6. The Bertz CT molecular complexity index is 289. The van der Waals surface area contributed by atoms with Gasteiger partial charge in [0.25, 0.3) is 0 Å². The second-order valence-corrected chi connectivity index (χ2v) is 6.69. The number of allylic oxidation sites excluding steroid dienone is 1. The number of amides is 1. The van der Waals surface area contributed by atoms with E-state index < -0.39 is 0 Å². The molecule has 23 heavy (non-hydrogen) atoms. The summed E-state index contributed by atoms with van der Waals surface area (Å²) in [5.41, 5.74) is 5.11. The first kappa shape index (κ1) is 22.2. The van der Waals surface area contributed by atoms with Crippen molar-refractivity contribution in [3.8, 4) is 0 Å². The second-order valence-electron chi connectivity index (χ2n) is 6.69. The van der Waals surface area contributed by atoms with E-state index in [9.17, 15) is 9.90 Å². The predicted molar refractivity (Wildman–Crippen MR) is 99.3 cm³/mol. The smallest absolute Gasteiger partial charge is 0.217 e. The van der Waals surface area contributed by atoms with E-state index in [1.807, 2.05) is 0 Å². The molecule has 1 unspecified atom stereocenters. The fourth-order valence-corrected chi connectivity index (χ4v) is 2.74. The molecule has 0 spiro atoms. The number of hydrogen-bond acceptors (Lipinski definition) is 2. The van der Waals surface area contributed by atoms with Crippen LogP contribution in [0.1, 0.15) is 103 Å². The topological polar surface area (TPSA) is 63.3 Å². The van der Waals surface area contributed by atoms with Gasteiger partial charge in [-0.2, -0.15) is 0 Å². The molecule has 0 heterocycles. The van der Waals surface area contributed by atoms with Crippen molar-refractivity contribution in [1.29, 1.82) is 0 Å². The van der Waals surface area contributed by atoms with E-state index in [-0.39, 0.29) is 12.0 Å². The summed E-state index contributed by atoms with van der Waals surface area (Å²) >= 11 is 0. The Kier molecular flexibility index (Phi) is 16.9. The molecule has 1 amide bonds. The number of rotatable bonds is 17. The number of aliphatic hydroxyl groups is 1. The molecule has 3 nitrogen and oxygen atoms in total. The minimum Gasteiger partial charge on any atom is -0.393 e. The normalized spacial score (nSPS) is 12.8. The summed E-state index contributed by atoms with van der Waals surface area (Å²) in [7, 11) is 0. The maximum absolute atomic E-state index is 10.6.